The van der Waals surface area contributed by atoms with Gasteiger partial charge in [0, 0.05) is 11.8 Å². The molecular formula is C17H14N2O2. The second kappa shape index (κ2) is 5.63. The Balaban J connectivity index is 2.10. The lowest BCUT2D eigenvalue weighted by Gasteiger charge is -1.99. The third-order valence-electron chi connectivity index (χ3n) is 3.21. The average molecular weight is 278 g/mol. The summed E-state index contributed by atoms with van der Waals surface area (Å²) in [6.07, 6.45) is 1.78. The Morgan fingerprint density at radius 3 is 2.24 bits per heavy atom. The van der Waals surface area contributed by atoms with E-state index in [-0.39, 0.29) is 6.42 Å². The minimum absolute atomic E-state index is 0.0932. The molecular weight excluding hydrogens is 264 g/mol. The van der Waals surface area contributed by atoms with Gasteiger partial charge in [0.05, 0.1) is 17.8 Å². The molecule has 1 N–H and O–H groups in total. The minimum Gasteiger partial charge on any atom is -0.481 e. The molecule has 21 heavy (non-hydrogen) atoms. The third kappa shape index (κ3) is 2.84. The zero-order valence-corrected chi connectivity index (χ0v) is 11.3. The van der Waals surface area contributed by atoms with Crippen LogP contribution < -0.4 is 0 Å². The number of carbonyl (C=O) groups is 1. The molecule has 4 nitrogen and oxygen atoms in total. The fourth-order valence-corrected chi connectivity index (χ4v) is 2.26. The van der Waals surface area contributed by atoms with Gasteiger partial charge in [0.2, 0.25) is 0 Å². The van der Waals surface area contributed by atoms with Crippen LogP contribution in [0.4, 0.5) is 0 Å². The number of carboxylic acids is 1. The Kier molecular flexibility index (Phi) is 3.51. The highest BCUT2D eigenvalue weighted by Crippen LogP contribution is 2.24. The predicted octanol–water partition coefficient (Wildman–Crippen LogP) is 3.17. The largest absolute Gasteiger partial charge is 0.481 e. The van der Waals surface area contributed by atoms with Crippen LogP contribution in [0.2, 0.25) is 0 Å². The number of hydrogen-bond acceptors (Lipinski definition) is 2. The van der Waals surface area contributed by atoms with Gasteiger partial charge in [0.25, 0.3) is 0 Å². The van der Waals surface area contributed by atoms with Crippen LogP contribution in [-0.4, -0.2) is 20.9 Å². The molecule has 0 saturated heterocycles. The first-order valence-electron chi connectivity index (χ1n) is 6.65. The molecule has 4 heteroatoms. The summed E-state index contributed by atoms with van der Waals surface area (Å²) in [6.45, 7) is 0. The smallest absolute Gasteiger partial charge is 0.309 e. The predicted molar refractivity (Wildman–Crippen MR) is 80.3 cm³/mol. The average Bonchev–Trinajstić information content (AvgIpc) is 2.92. The van der Waals surface area contributed by atoms with Gasteiger partial charge < -0.3 is 5.11 Å². The first-order valence-corrected chi connectivity index (χ1v) is 6.65. The third-order valence-corrected chi connectivity index (χ3v) is 3.21. The fourth-order valence-electron chi connectivity index (χ4n) is 2.26. The Labute approximate surface area is 122 Å². The summed E-state index contributed by atoms with van der Waals surface area (Å²) < 4.78 is 1.72. The number of rotatable bonds is 4. The highest BCUT2D eigenvalue weighted by atomic mass is 16.4. The number of aromatic nitrogens is 2. The summed E-state index contributed by atoms with van der Waals surface area (Å²) in [5, 5.41) is 13.5. The van der Waals surface area contributed by atoms with E-state index in [2.05, 4.69) is 5.10 Å². The van der Waals surface area contributed by atoms with Crippen LogP contribution in [0, 0.1) is 0 Å². The second-order valence-electron chi connectivity index (χ2n) is 4.71. The molecule has 3 rings (SSSR count). The standard InChI is InChI=1S/C17H14N2O2/c20-17(21)11-16-15(13-7-3-1-4-8-13)12-19(18-16)14-9-5-2-6-10-14/h1-10,12H,11H2,(H,20,21). The van der Waals surface area contributed by atoms with Crippen molar-refractivity contribution in [2.75, 3.05) is 0 Å². The summed E-state index contributed by atoms with van der Waals surface area (Å²) in [7, 11) is 0. The highest BCUT2D eigenvalue weighted by molar-refractivity contribution is 5.75. The van der Waals surface area contributed by atoms with E-state index in [9.17, 15) is 4.79 Å². The maximum atomic E-state index is 11.0. The molecule has 0 unspecified atom stereocenters. The zero-order chi connectivity index (χ0) is 14.7. The molecule has 1 heterocycles. The van der Waals surface area contributed by atoms with Crippen molar-refractivity contribution < 1.29 is 9.90 Å². The maximum absolute atomic E-state index is 11.0. The van der Waals surface area contributed by atoms with Gasteiger partial charge in [-0.25, -0.2) is 4.68 Å². The highest BCUT2D eigenvalue weighted by Gasteiger charge is 2.14. The quantitative estimate of drug-likeness (QED) is 0.797. The second-order valence-corrected chi connectivity index (χ2v) is 4.71. The van der Waals surface area contributed by atoms with Gasteiger partial charge in [-0.05, 0) is 17.7 Å². The van der Waals surface area contributed by atoms with Crippen molar-refractivity contribution in [2.24, 2.45) is 0 Å². The van der Waals surface area contributed by atoms with Gasteiger partial charge in [0.15, 0.2) is 0 Å². The number of para-hydroxylation sites is 1. The summed E-state index contributed by atoms with van der Waals surface area (Å²) in [5.41, 5.74) is 3.29. The molecule has 0 spiro atoms. The molecule has 0 aliphatic rings. The molecule has 0 fully saturated rings. The fraction of sp³-hybridized carbons (Fsp3) is 0.0588. The normalized spacial score (nSPS) is 10.5. The molecule has 1 aromatic heterocycles. The van der Waals surface area contributed by atoms with Crippen molar-refractivity contribution >= 4 is 5.97 Å². The van der Waals surface area contributed by atoms with Crippen LogP contribution in [0.5, 0.6) is 0 Å². The molecule has 0 aliphatic heterocycles. The first-order chi connectivity index (χ1) is 10.2. The van der Waals surface area contributed by atoms with Crippen LogP contribution >= 0.6 is 0 Å². The van der Waals surface area contributed by atoms with Gasteiger partial charge in [-0.15, -0.1) is 0 Å². The van der Waals surface area contributed by atoms with Gasteiger partial charge in [-0.1, -0.05) is 48.5 Å². The van der Waals surface area contributed by atoms with Crippen molar-refractivity contribution in [3.05, 3.63) is 72.6 Å². The molecule has 0 atom stereocenters. The van der Waals surface area contributed by atoms with E-state index in [0.717, 1.165) is 16.8 Å². The first kappa shape index (κ1) is 13.1. The molecule has 0 aliphatic carbocycles. The van der Waals surface area contributed by atoms with Crippen molar-refractivity contribution in [3.8, 4) is 16.8 Å². The summed E-state index contributed by atoms with van der Waals surface area (Å²) in [5.74, 6) is -0.884. The van der Waals surface area contributed by atoms with E-state index in [1.54, 1.807) is 4.68 Å². The number of benzene rings is 2. The number of carboxylic acid groups (broad SMARTS) is 1. The molecule has 0 bridgehead atoms. The van der Waals surface area contributed by atoms with E-state index in [0.29, 0.717) is 5.69 Å². The molecule has 3 aromatic rings. The lowest BCUT2D eigenvalue weighted by atomic mass is 10.1. The van der Waals surface area contributed by atoms with Gasteiger partial charge in [-0.3, -0.25) is 4.79 Å². The number of nitrogens with zero attached hydrogens (tertiary/aromatic N) is 2. The number of aliphatic carboxylic acids is 1. The Bertz CT molecular complexity index is 749. The van der Waals surface area contributed by atoms with Crippen LogP contribution in [-0.2, 0) is 11.2 Å². The van der Waals surface area contributed by atoms with Crippen LogP contribution in [0.3, 0.4) is 0 Å². The lowest BCUT2D eigenvalue weighted by molar-refractivity contribution is -0.136. The van der Waals surface area contributed by atoms with E-state index < -0.39 is 5.97 Å². The van der Waals surface area contributed by atoms with Crippen LogP contribution in [0.1, 0.15) is 5.69 Å². The Hall–Kier alpha value is -2.88. The van der Waals surface area contributed by atoms with Crippen LogP contribution in [0.15, 0.2) is 66.9 Å². The maximum Gasteiger partial charge on any atom is 0.309 e. The van der Waals surface area contributed by atoms with Gasteiger partial charge in [-0.2, -0.15) is 5.10 Å². The summed E-state index contributed by atoms with van der Waals surface area (Å²) in [6, 6.07) is 19.4. The Morgan fingerprint density at radius 2 is 1.62 bits per heavy atom. The topological polar surface area (TPSA) is 55.1 Å². The van der Waals surface area contributed by atoms with E-state index >= 15 is 0 Å². The van der Waals surface area contributed by atoms with Crippen molar-refractivity contribution in [3.63, 3.8) is 0 Å². The molecule has 0 saturated carbocycles. The summed E-state index contributed by atoms with van der Waals surface area (Å²) in [4.78, 5) is 11.0. The lowest BCUT2D eigenvalue weighted by Crippen LogP contribution is -2.03. The van der Waals surface area contributed by atoms with E-state index in [1.165, 1.54) is 0 Å². The minimum atomic E-state index is -0.884. The molecule has 0 amide bonds. The monoisotopic (exact) mass is 278 g/mol. The zero-order valence-electron chi connectivity index (χ0n) is 11.3. The van der Waals surface area contributed by atoms with Gasteiger partial charge >= 0.3 is 5.97 Å². The molecule has 0 radical (unpaired) electrons. The van der Waals surface area contributed by atoms with E-state index in [1.807, 2.05) is 66.9 Å². The van der Waals surface area contributed by atoms with Crippen molar-refractivity contribution in [1.29, 1.82) is 0 Å². The van der Waals surface area contributed by atoms with Crippen molar-refractivity contribution in [2.45, 2.75) is 6.42 Å². The SMILES string of the molecule is O=C(O)Cc1nn(-c2ccccc2)cc1-c1ccccc1. The number of hydrogen-bond donors (Lipinski definition) is 1. The van der Waals surface area contributed by atoms with Crippen molar-refractivity contribution in [1.82, 2.24) is 9.78 Å². The molecule has 104 valence electrons. The Morgan fingerprint density at radius 1 is 1.00 bits per heavy atom. The summed E-state index contributed by atoms with van der Waals surface area (Å²) >= 11 is 0. The molecule has 2 aromatic carbocycles. The van der Waals surface area contributed by atoms with Crippen LogP contribution in [0.25, 0.3) is 16.8 Å². The van der Waals surface area contributed by atoms with Gasteiger partial charge in [0.1, 0.15) is 0 Å². The van der Waals surface area contributed by atoms with E-state index in [4.69, 9.17) is 5.11 Å².